The Morgan fingerprint density at radius 1 is 1.35 bits per heavy atom. The Morgan fingerprint density at radius 3 is 3.06 bits per heavy atom. The highest BCUT2D eigenvalue weighted by Gasteiger charge is 2.19. The van der Waals surface area contributed by atoms with E-state index in [-0.39, 0.29) is 0 Å². The molecule has 0 amide bonds. The quantitative estimate of drug-likeness (QED) is 0.625. The minimum Gasteiger partial charge on any atom is -0.327 e. The lowest BCUT2D eigenvalue weighted by Gasteiger charge is -2.21. The van der Waals surface area contributed by atoms with E-state index in [1.165, 1.54) is 37.1 Å². The summed E-state index contributed by atoms with van der Waals surface area (Å²) >= 11 is 1.74. The summed E-state index contributed by atoms with van der Waals surface area (Å²) in [6.45, 7) is 2.10. The molecule has 0 bridgehead atoms. The third kappa shape index (κ3) is 4.37. The molecule has 0 saturated heterocycles. The number of hydrogen-bond acceptors (Lipinski definition) is 4. The molecule has 2 rings (SSSR count). The summed E-state index contributed by atoms with van der Waals surface area (Å²) < 4.78 is 0. The van der Waals surface area contributed by atoms with Crippen LogP contribution in [-0.2, 0) is 6.42 Å². The molecule has 3 nitrogen and oxygen atoms in total. The van der Waals surface area contributed by atoms with Crippen molar-refractivity contribution in [1.29, 1.82) is 0 Å². The molecule has 96 valence electrons. The number of nitrogens with two attached hydrogens (primary N) is 1. The Hall–Kier alpha value is -0.450. The molecule has 1 saturated carbocycles. The highest BCUT2D eigenvalue weighted by molar-refractivity contribution is 7.09. The van der Waals surface area contributed by atoms with Gasteiger partial charge in [-0.25, -0.2) is 4.98 Å². The van der Waals surface area contributed by atoms with Crippen molar-refractivity contribution in [1.82, 2.24) is 10.3 Å². The standard InChI is InChI=1S/C13H23N3S/c14-12-5-3-1-2-4-11(12)10-15-7-6-13-16-8-9-17-13/h8-9,11-12,15H,1-7,10,14H2. The number of hydrogen-bond donors (Lipinski definition) is 2. The topological polar surface area (TPSA) is 50.9 Å². The molecular weight excluding hydrogens is 230 g/mol. The van der Waals surface area contributed by atoms with Crippen LogP contribution in [0.5, 0.6) is 0 Å². The average molecular weight is 253 g/mol. The normalized spacial score (nSPS) is 25.7. The van der Waals surface area contributed by atoms with Crippen LogP contribution >= 0.6 is 11.3 Å². The van der Waals surface area contributed by atoms with Gasteiger partial charge in [0.25, 0.3) is 0 Å². The zero-order valence-corrected chi connectivity index (χ0v) is 11.2. The van der Waals surface area contributed by atoms with Crippen molar-refractivity contribution in [2.75, 3.05) is 13.1 Å². The van der Waals surface area contributed by atoms with E-state index in [0.29, 0.717) is 12.0 Å². The van der Waals surface area contributed by atoms with Gasteiger partial charge in [0.2, 0.25) is 0 Å². The maximum Gasteiger partial charge on any atom is 0.0937 e. The van der Waals surface area contributed by atoms with Crippen LogP contribution in [0.1, 0.15) is 37.1 Å². The highest BCUT2D eigenvalue weighted by Crippen LogP contribution is 2.21. The fourth-order valence-corrected chi connectivity index (χ4v) is 3.15. The van der Waals surface area contributed by atoms with Crippen LogP contribution in [0.2, 0.25) is 0 Å². The molecule has 17 heavy (non-hydrogen) atoms. The summed E-state index contributed by atoms with van der Waals surface area (Å²) in [7, 11) is 0. The maximum atomic E-state index is 6.21. The summed E-state index contributed by atoms with van der Waals surface area (Å²) in [5.41, 5.74) is 6.21. The minimum absolute atomic E-state index is 0.407. The SMILES string of the molecule is NC1CCCCCC1CNCCc1nccs1. The van der Waals surface area contributed by atoms with Crippen molar-refractivity contribution in [3.8, 4) is 0 Å². The second-order valence-electron chi connectivity index (χ2n) is 4.94. The summed E-state index contributed by atoms with van der Waals surface area (Å²) in [6, 6.07) is 0.407. The van der Waals surface area contributed by atoms with Gasteiger partial charge in [-0.15, -0.1) is 11.3 Å². The predicted molar refractivity (Wildman–Crippen MR) is 73.2 cm³/mol. The van der Waals surface area contributed by atoms with Gasteiger partial charge in [0.05, 0.1) is 5.01 Å². The van der Waals surface area contributed by atoms with E-state index in [1.54, 1.807) is 11.3 Å². The van der Waals surface area contributed by atoms with E-state index in [9.17, 15) is 0 Å². The molecule has 0 aromatic carbocycles. The molecule has 1 aliphatic carbocycles. The van der Waals surface area contributed by atoms with Gasteiger partial charge in [-0.2, -0.15) is 0 Å². The van der Waals surface area contributed by atoms with E-state index >= 15 is 0 Å². The van der Waals surface area contributed by atoms with Gasteiger partial charge in [0, 0.05) is 30.6 Å². The van der Waals surface area contributed by atoms with Crippen molar-refractivity contribution in [2.24, 2.45) is 11.7 Å². The molecule has 1 aromatic rings. The fraction of sp³-hybridized carbons (Fsp3) is 0.769. The van der Waals surface area contributed by atoms with Crippen molar-refractivity contribution < 1.29 is 0 Å². The second kappa shape index (κ2) is 7.09. The van der Waals surface area contributed by atoms with Crippen LogP contribution in [0, 0.1) is 5.92 Å². The summed E-state index contributed by atoms with van der Waals surface area (Å²) in [5, 5.41) is 6.80. The number of rotatable bonds is 5. The summed E-state index contributed by atoms with van der Waals surface area (Å²) in [6.07, 6.45) is 9.46. The van der Waals surface area contributed by atoms with E-state index in [0.717, 1.165) is 19.5 Å². The molecule has 2 atom stereocenters. The molecule has 3 N–H and O–H groups in total. The largest absolute Gasteiger partial charge is 0.327 e. The van der Waals surface area contributed by atoms with Crippen LogP contribution < -0.4 is 11.1 Å². The van der Waals surface area contributed by atoms with Crippen molar-refractivity contribution >= 4 is 11.3 Å². The van der Waals surface area contributed by atoms with Crippen molar-refractivity contribution in [3.63, 3.8) is 0 Å². The molecule has 1 aromatic heterocycles. The lowest BCUT2D eigenvalue weighted by molar-refractivity contribution is 0.376. The lowest BCUT2D eigenvalue weighted by Crippen LogP contribution is -2.37. The molecule has 0 spiro atoms. The average Bonchev–Trinajstić information content (AvgIpc) is 2.76. The molecule has 1 aliphatic rings. The Kier molecular flexibility index (Phi) is 5.42. The van der Waals surface area contributed by atoms with Crippen LogP contribution in [0.15, 0.2) is 11.6 Å². The first-order chi connectivity index (χ1) is 8.36. The van der Waals surface area contributed by atoms with Crippen LogP contribution in [0.25, 0.3) is 0 Å². The van der Waals surface area contributed by atoms with Crippen LogP contribution in [0.4, 0.5) is 0 Å². The van der Waals surface area contributed by atoms with E-state index in [4.69, 9.17) is 5.73 Å². The number of thiazole rings is 1. The van der Waals surface area contributed by atoms with E-state index in [1.807, 2.05) is 11.6 Å². The highest BCUT2D eigenvalue weighted by atomic mass is 32.1. The zero-order chi connectivity index (χ0) is 11.9. The predicted octanol–water partition coefficient (Wildman–Crippen LogP) is 2.18. The number of nitrogens with one attached hydrogen (secondary N) is 1. The third-order valence-corrected chi connectivity index (χ3v) is 4.46. The second-order valence-corrected chi connectivity index (χ2v) is 5.92. The smallest absolute Gasteiger partial charge is 0.0937 e. The first kappa shape index (κ1) is 13.0. The van der Waals surface area contributed by atoms with E-state index < -0.39 is 0 Å². The lowest BCUT2D eigenvalue weighted by atomic mass is 9.95. The number of nitrogens with zero attached hydrogens (tertiary/aromatic N) is 1. The van der Waals surface area contributed by atoms with Gasteiger partial charge in [-0.1, -0.05) is 19.3 Å². The summed E-state index contributed by atoms with van der Waals surface area (Å²) in [4.78, 5) is 4.28. The van der Waals surface area contributed by atoms with Gasteiger partial charge in [-0.05, 0) is 25.3 Å². The van der Waals surface area contributed by atoms with Crippen LogP contribution in [0.3, 0.4) is 0 Å². The Labute approximate surface area is 108 Å². The monoisotopic (exact) mass is 253 g/mol. The summed E-state index contributed by atoms with van der Waals surface area (Å²) in [5.74, 6) is 0.675. The Bertz CT molecular complexity index is 300. The zero-order valence-electron chi connectivity index (χ0n) is 10.4. The first-order valence-corrected chi connectivity index (χ1v) is 7.59. The molecule has 0 radical (unpaired) electrons. The molecule has 1 heterocycles. The number of aromatic nitrogens is 1. The molecule has 4 heteroatoms. The van der Waals surface area contributed by atoms with E-state index in [2.05, 4.69) is 10.3 Å². The first-order valence-electron chi connectivity index (χ1n) is 6.71. The van der Waals surface area contributed by atoms with Gasteiger partial charge in [0.1, 0.15) is 0 Å². The fourth-order valence-electron chi connectivity index (χ4n) is 2.53. The van der Waals surface area contributed by atoms with Crippen molar-refractivity contribution in [2.45, 2.75) is 44.6 Å². The molecule has 1 fully saturated rings. The Balaban J connectivity index is 1.63. The maximum absolute atomic E-state index is 6.21. The third-order valence-electron chi connectivity index (χ3n) is 3.62. The minimum atomic E-state index is 0.407. The van der Waals surface area contributed by atoms with Crippen LogP contribution in [-0.4, -0.2) is 24.1 Å². The molecule has 0 aliphatic heterocycles. The Morgan fingerprint density at radius 2 is 2.24 bits per heavy atom. The van der Waals surface area contributed by atoms with Crippen molar-refractivity contribution in [3.05, 3.63) is 16.6 Å². The van der Waals surface area contributed by atoms with Gasteiger partial charge in [0.15, 0.2) is 0 Å². The van der Waals surface area contributed by atoms with Gasteiger partial charge in [-0.3, -0.25) is 0 Å². The van der Waals surface area contributed by atoms with Gasteiger partial charge < -0.3 is 11.1 Å². The molecule has 2 unspecified atom stereocenters. The molecular formula is C13H23N3S. The van der Waals surface area contributed by atoms with Gasteiger partial charge >= 0.3 is 0 Å².